The number of hydrogen-bond donors (Lipinski definition) is 1. The molecule has 1 aliphatic rings. The number of para-hydroxylation sites is 3. The molecule has 2 aromatic carbocycles. The third-order valence-electron chi connectivity index (χ3n) is 3.00. The summed E-state index contributed by atoms with van der Waals surface area (Å²) in [7, 11) is 0. The van der Waals surface area contributed by atoms with Gasteiger partial charge in [-0.05, 0) is 24.3 Å². The van der Waals surface area contributed by atoms with E-state index in [1.807, 2.05) is 30.3 Å². The summed E-state index contributed by atoms with van der Waals surface area (Å²) in [5.74, 6) is 1.91. The Morgan fingerprint density at radius 3 is 2.62 bits per heavy atom. The van der Waals surface area contributed by atoms with Crippen LogP contribution in [0, 0.1) is 0 Å². The molecule has 1 N–H and O–H groups in total. The Balaban J connectivity index is 1.49. The Morgan fingerprint density at radius 2 is 1.81 bits per heavy atom. The summed E-state index contributed by atoms with van der Waals surface area (Å²) in [5.41, 5.74) is 0. The molecular formula is C16H15NO4. The van der Waals surface area contributed by atoms with Crippen LogP contribution in [0.15, 0.2) is 54.6 Å². The lowest BCUT2D eigenvalue weighted by Crippen LogP contribution is -2.41. The largest absolute Gasteiger partial charge is 0.486 e. The Bertz CT molecular complexity index is 615. The van der Waals surface area contributed by atoms with Gasteiger partial charge in [-0.3, -0.25) is 0 Å². The second-order valence-corrected chi connectivity index (χ2v) is 4.58. The second kappa shape index (κ2) is 6.17. The molecule has 0 saturated heterocycles. The first-order valence-corrected chi connectivity index (χ1v) is 6.70. The average molecular weight is 285 g/mol. The van der Waals surface area contributed by atoms with Gasteiger partial charge in [-0.2, -0.15) is 0 Å². The first kappa shape index (κ1) is 13.3. The van der Waals surface area contributed by atoms with Gasteiger partial charge in [0, 0.05) is 0 Å². The van der Waals surface area contributed by atoms with Gasteiger partial charge >= 0.3 is 6.09 Å². The molecule has 1 atom stereocenters. The number of carbonyl (C=O) groups is 1. The topological polar surface area (TPSA) is 56.8 Å². The molecule has 5 nitrogen and oxygen atoms in total. The van der Waals surface area contributed by atoms with Crippen LogP contribution in [0.2, 0.25) is 0 Å². The van der Waals surface area contributed by atoms with Crippen molar-refractivity contribution in [3.63, 3.8) is 0 Å². The van der Waals surface area contributed by atoms with Crippen LogP contribution in [0.5, 0.6) is 17.2 Å². The van der Waals surface area contributed by atoms with Crippen molar-refractivity contribution in [2.75, 3.05) is 13.2 Å². The van der Waals surface area contributed by atoms with Gasteiger partial charge in [-0.25, -0.2) is 4.79 Å². The minimum atomic E-state index is -0.511. The maximum Gasteiger partial charge on any atom is 0.412 e. The zero-order valence-electron chi connectivity index (χ0n) is 11.3. The van der Waals surface area contributed by atoms with Crippen LogP contribution in [0.4, 0.5) is 4.79 Å². The minimum absolute atomic E-state index is 0.233. The van der Waals surface area contributed by atoms with E-state index in [0.29, 0.717) is 24.7 Å². The smallest absolute Gasteiger partial charge is 0.412 e. The highest BCUT2D eigenvalue weighted by Gasteiger charge is 2.21. The molecule has 3 rings (SSSR count). The summed E-state index contributed by atoms with van der Waals surface area (Å²) in [6, 6.07) is 16.4. The van der Waals surface area contributed by atoms with Gasteiger partial charge in [0.15, 0.2) is 17.6 Å². The van der Waals surface area contributed by atoms with Gasteiger partial charge in [-0.1, -0.05) is 30.3 Å². The molecule has 1 unspecified atom stereocenters. The summed E-state index contributed by atoms with van der Waals surface area (Å²) in [4.78, 5) is 11.7. The zero-order chi connectivity index (χ0) is 14.5. The Morgan fingerprint density at radius 1 is 1.10 bits per heavy atom. The number of nitrogens with one attached hydrogen (secondary N) is 1. The van der Waals surface area contributed by atoms with Gasteiger partial charge in [-0.15, -0.1) is 0 Å². The Labute approximate surface area is 122 Å². The van der Waals surface area contributed by atoms with E-state index in [0.717, 1.165) is 5.75 Å². The molecule has 21 heavy (non-hydrogen) atoms. The van der Waals surface area contributed by atoms with Crippen molar-refractivity contribution in [3.8, 4) is 17.2 Å². The Hall–Kier alpha value is -2.69. The lowest BCUT2D eigenvalue weighted by Gasteiger charge is -2.26. The van der Waals surface area contributed by atoms with E-state index in [1.54, 1.807) is 24.3 Å². The van der Waals surface area contributed by atoms with E-state index < -0.39 is 6.09 Å². The molecule has 1 amide bonds. The molecule has 0 saturated carbocycles. The fraction of sp³-hybridized carbons (Fsp3) is 0.188. The summed E-state index contributed by atoms with van der Waals surface area (Å²) in [6.45, 7) is 0.711. The van der Waals surface area contributed by atoms with E-state index >= 15 is 0 Å². The highest BCUT2D eigenvalue weighted by atomic mass is 16.6. The standard InChI is InChI=1S/C16H15NO4/c18-16(21-12-6-2-1-3-7-12)17-10-13-11-19-14-8-4-5-9-15(14)20-13/h1-9,13H,10-11H2,(H,17,18). The van der Waals surface area contributed by atoms with Gasteiger partial charge in [0.25, 0.3) is 0 Å². The number of amides is 1. The second-order valence-electron chi connectivity index (χ2n) is 4.58. The molecule has 2 aromatic rings. The summed E-state index contributed by atoms with van der Waals surface area (Å²) < 4.78 is 16.4. The SMILES string of the molecule is O=C(NCC1COc2ccccc2O1)Oc1ccccc1. The molecule has 0 fully saturated rings. The van der Waals surface area contributed by atoms with Gasteiger partial charge in [0.2, 0.25) is 0 Å². The van der Waals surface area contributed by atoms with Crippen LogP contribution in [0.1, 0.15) is 0 Å². The van der Waals surface area contributed by atoms with Gasteiger partial charge < -0.3 is 19.5 Å². The van der Waals surface area contributed by atoms with Crippen LogP contribution in [-0.4, -0.2) is 25.3 Å². The molecule has 5 heteroatoms. The number of rotatable bonds is 3. The van der Waals surface area contributed by atoms with E-state index in [2.05, 4.69) is 5.32 Å². The molecule has 1 heterocycles. The quantitative estimate of drug-likeness (QED) is 0.941. The van der Waals surface area contributed by atoms with Crippen molar-refractivity contribution in [3.05, 3.63) is 54.6 Å². The van der Waals surface area contributed by atoms with Crippen LogP contribution >= 0.6 is 0 Å². The van der Waals surface area contributed by atoms with Crippen molar-refractivity contribution in [2.24, 2.45) is 0 Å². The number of hydrogen-bond acceptors (Lipinski definition) is 4. The molecule has 0 spiro atoms. The molecule has 1 aliphatic heterocycles. The zero-order valence-corrected chi connectivity index (χ0v) is 11.3. The van der Waals surface area contributed by atoms with Gasteiger partial charge in [0.05, 0.1) is 6.54 Å². The lowest BCUT2D eigenvalue weighted by atomic mass is 10.2. The normalized spacial score (nSPS) is 16.1. The van der Waals surface area contributed by atoms with E-state index in [4.69, 9.17) is 14.2 Å². The predicted molar refractivity (Wildman–Crippen MR) is 76.8 cm³/mol. The maximum absolute atomic E-state index is 11.7. The van der Waals surface area contributed by atoms with Crippen LogP contribution in [0.25, 0.3) is 0 Å². The van der Waals surface area contributed by atoms with Crippen LogP contribution in [-0.2, 0) is 0 Å². The first-order chi connectivity index (χ1) is 10.3. The predicted octanol–water partition coefficient (Wildman–Crippen LogP) is 2.62. The highest BCUT2D eigenvalue weighted by Crippen LogP contribution is 2.30. The number of ether oxygens (including phenoxy) is 3. The van der Waals surface area contributed by atoms with Crippen molar-refractivity contribution in [2.45, 2.75) is 6.10 Å². The molecule has 108 valence electrons. The lowest BCUT2D eigenvalue weighted by molar-refractivity contribution is 0.0899. The van der Waals surface area contributed by atoms with Crippen molar-refractivity contribution >= 4 is 6.09 Å². The summed E-state index contributed by atoms with van der Waals surface area (Å²) in [6.07, 6.45) is -0.744. The first-order valence-electron chi connectivity index (χ1n) is 6.70. The van der Waals surface area contributed by atoms with Crippen molar-refractivity contribution < 1.29 is 19.0 Å². The molecular weight excluding hydrogens is 270 g/mol. The number of fused-ring (bicyclic) bond motifs is 1. The van der Waals surface area contributed by atoms with Crippen LogP contribution < -0.4 is 19.5 Å². The molecule has 0 aromatic heterocycles. The number of benzene rings is 2. The molecule has 0 radical (unpaired) electrons. The van der Waals surface area contributed by atoms with Crippen molar-refractivity contribution in [1.29, 1.82) is 0 Å². The molecule has 0 aliphatic carbocycles. The van der Waals surface area contributed by atoms with Crippen LogP contribution in [0.3, 0.4) is 0 Å². The average Bonchev–Trinajstić information content (AvgIpc) is 2.54. The fourth-order valence-corrected chi connectivity index (χ4v) is 1.99. The van der Waals surface area contributed by atoms with Crippen molar-refractivity contribution in [1.82, 2.24) is 5.32 Å². The van der Waals surface area contributed by atoms with Gasteiger partial charge in [0.1, 0.15) is 12.4 Å². The van der Waals surface area contributed by atoms with E-state index in [9.17, 15) is 4.79 Å². The monoisotopic (exact) mass is 285 g/mol. The summed E-state index contributed by atoms with van der Waals surface area (Å²) >= 11 is 0. The third-order valence-corrected chi connectivity index (χ3v) is 3.00. The summed E-state index contributed by atoms with van der Waals surface area (Å²) in [5, 5.41) is 2.67. The third kappa shape index (κ3) is 3.45. The number of carbonyl (C=O) groups excluding carboxylic acids is 1. The highest BCUT2D eigenvalue weighted by molar-refractivity contribution is 5.70. The fourth-order valence-electron chi connectivity index (χ4n) is 1.99. The maximum atomic E-state index is 11.7. The minimum Gasteiger partial charge on any atom is -0.486 e. The van der Waals surface area contributed by atoms with E-state index in [1.165, 1.54) is 0 Å². The molecule has 0 bridgehead atoms. The Kier molecular flexibility index (Phi) is 3.91. The van der Waals surface area contributed by atoms with E-state index in [-0.39, 0.29) is 6.10 Å².